The standard InChI is InChI=1S/C15H23N3O/c1-11(7-9-18(2)3)17-15(19)13-4-5-14-12(10-13)6-8-16-14/h4-5,10-11,16H,6-9H2,1-3H3,(H,17,19). The van der Waals surface area contributed by atoms with Crippen LogP contribution in [0.3, 0.4) is 0 Å². The third-order valence-corrected chi connectivity index (χ3v) is 3.46. The first kappa shape index (κ1) is 13.9. The Morgan fingerprint density at radius 3 is 3.00 bits per heavy atom. The van der Waals surface area contributed by atoms with E-state index in [0.29, 0.717) is 0 Å². The molecule has 2 rings (SSSR count). The fourth-order valence-electron chi connectivity index (χ4n) is 2.28. The zero-order valence-electron chi connectivity index (χ0n) is 12.0. The van der Waals surface area contributed by atoms with Crippen LogP contribution in [0.1, 0.15) is 29.3 Å². The van der Waals surface area contributed by atoms with Gasteiger partial charge in [0.15, 0.2) is 0 Å². The molecular formula is C15H23N3O. The summed E-state index contributed by atoms with van der Waals surface area (Å²) in [5.41, 5.74) is 3.17. The van der Waals surface area contributed by atoms with Crippen LogP contribution < -0.4 is 10.6 Å². The molecule has 4 heteroatoms. The van der Waals surface area contributed by atoms with E-state index in [0.717, 1.165) is 37.2 Å². The van der Waals surface area contributed by atoms with Gasteiger partial charge in [-0.15, -0.1) is 0 Å². The molecule has 1 aromatic carbocycles. The second-order valence-electron chi connectivity index (χ2n) is 5.52. The van der Waals surface area contributed by atoms with E-state index in [1.165, 1.54) is 5.56 Å². The molecule has 2 N–H and O–H groups in total. The van der Waals surface area contributed by atoms with Gasteiger partial charge in [0.1, 0.15) is 0 Å². The first-order chi connectivity index (χ1) is 9.06. The van der Waals surface area contributed by atoms with Gasteiger partial charge in [0.05, 0.1) is 0 Å². The largest absolute Gasteiger partial charge is 0.384 e. The highest BCUT2D eigenvalue weighted by Crippen LogP contribution is 2.22. The Morgan fingerprint density at radius 1 is 1.47 bits per heavy atom. The van der Waals surface area contributed by atoms with E-state index in [2.05, 4.69) is 22.5 Å². The highest BCUT2D eigenvalue weighted by atomic mass is 16.1. The van der Waals surface area contributed by atoms with Crippen LogP contribution >= 0.6 is 0 Å². The second kappa shape index (κ2) is 6.06. The van der Waals surface area contributed by atoms with Crippen molar-refractivity contribution in [3.05, 3.63) is 29.3 Å². The van der Waals surface area contributed by atoms with Crippen molar-refractivity contribution in [1.82, 2.24) is 10.2 Å². The lowest BCUT2D eigenvalue weighted by Crippen LogP contribution is -2.34. The SMILES string of the molecule is CC(CCN(C)C)NC(=O)c1ccc2c(c1)CCN2. The van der Waals surface area contributed by atoms with Crippen LogP contribution in [0.25, 0.3) is 0 Å². The van der Waals surface area contributed by atoms with E-state index in [4.69, 9.17) is 0 Å². The average Bonchev–Trinajstić information content (AvgIpc) is 2.83. The molecule has 1 aliphatic rings. The molecule has 104 valence electrons. The minimum atomic E-state index is 0.0287. The van der Waals surface area contributed by atoms with Crippen LogP contribution in [-0.4, -0.2) is 44.0 Å². The predicted octanol–water partition coefficient (Wildman–Crippen LogP) is 1.72. The van der Waals surface area contributed by atoms with Crippen LogP contribution in [0, 0.1) is 0 Å². The average molecular weight is 261 g/mol. The van der Waals surface area contributed by atoms with Crippen molar-refractivity contribution in [2.45, 2.75) is 25.8 Å². The number of hydrogen-bond acceptors (Lipinski definition) is 3. The maximum Gasteiger partial charge on any atom is 0.251 e. The fourth-order valence-corrected chi connectivity index (χ4v) is 2.28. The van der Waals surface area contributed by atoms with E-state index in [-0.39, 0.29) is 11.9 Å². The van der Waals surface area contributed by atoms with Gasteiger partial charge in [-0.3, -0.25) is 4.79 Å². The zero-order chi connectivity index (χ0) is 13.8. The summed E-state index contributed by atoms with van der Waals surface area (Å²) in [5.74, 6) is 0.0287. The molecule has 0 aromatic heterocycles. The number of benzene rings is 1. The molecule has 1 aromatic rings. The molecule has 1 aliphatic heterocycles. The molecular weight excluding hydrogens is 238 g/mol. The highest BCUT2D eigenvalue weighted by Gasteiger charge is 2.14. The summed E-state index contributed by atoms with van der Waals surface area (Å²) < 4.78 is 0. The van der Waals surface area contributed by atoms with E-state index in [1.807, 2.05) is 32.3 Å². The molecule has 0 aliphatic carbocycles. The molecule has 1 heterocycles. The first-order valence-corrected chi connectivity index (χ1v) is 6.88. The Morgan fingerprint density at radius 2 is 2.26 bits per heavy atom. The maximum atomic E-state index is 12.2. The van der Waals surface area contributed by atoms with Crippen LogP contribution in [0.2, 0.25) is 0 Å². The maximum absolute atomic E-state index is 12.2. The lowest BCUT2D eigenvalue weighted by Gasteiger charge is -2.17. The van der Waals surface area contributed by atoms with Gasteiger partial charge in [0.2, 0.25) is 0 Å². The molecule has 1 unspecified atom stereocenters. The number of hydrogen-bond donors (Lipinski definition) is 2. The second-order valence-corrected chi connectivity index (χ2v) is 5.52. The quantitative estimate of drug-likeness (QED) is 0.848. The summed E-state index contributed by atoms with van der Waals surface area (Å²) >= 11 is 0. The van der Waals surface area contributed by atoms with Crippen LogP contribution in [0.5, 0.6) is 0 Å². The normalized spacial score (nSPS) is 14.9. The lowest BCUT2D eigenvalue weighted by atomic mass is 10.1. The van der Waals surface area contributed by atoms with Gasteiger partial charge >= 0.3 is 0 Å². The predicted molar refractivity (Wildman–Crippen MR) is 78.7 cm³/mol. The number of nitrogens with one attached hydrogen (secondary N) is 2. The number of rotatable bonds is 5. The molecule has 0 radical (unpaired) electrons. The lowest BCUT2D eigenvalue weighted by molar-refractivity contribution is 0.0936. The highest BCUT2D eigenvalue weighted by molar-refractivity contribution is 5.95. The van der Waals surface area contributed by atoms with Crippen LogP contribution in [0.4, 0.5) is 5.69 Å². The number of nitrogens with zero attached hydrogens (tertiary/aromatic N) is 1. The van der Waals surface area contributed by atoms with Gasteiger partial charge in [-0.25, -0.2) is 0 Å². The van der Waals surface area contributed by atoms with E-state index in [9.17, 15) is 4.79 Å². The van der Waals surface area contributed by atoms with Gasteiger partial charge in [0.25, 0.3) is 5.91 Å². The summed E-state index contributed by atoms with van der Waals surface area (Å²) in [6.45, 7) is 4.01. The van der Waals surface area contributed by atoms with Crippen molar-refractivity contribution in [2.75, 3.05) is 32.5 Å². The third-order valence-electron chi connectivity index (χ3n) is 3.46. The van der Waals surface area contributed by atoms with Crippen molar-refractivity contribution in [3.8, 4) is 0 Å². The molecule has 0 bridgehead atoms. The third kappa shape index (κ3) is 3.70. The Labute approximate surface area is 115 Å². The molecule has 0 saturated heterocycles. The van der Waals surface area contributed by atoms with Gasteiger partial charge in [-0.1, -0.05) is 0 Å². The molecule has 0 saturated carbocycles. The van der Waals surface area contributed by atoms with Crippen molar-refractivity contribution < 1.29 is 4.79 Å². The number of fused-ring (bicyclic) bond motifs is 1. The summed E-state index contributed by atoms with van der Waals surface area (Å²) in [6.07, 6.45) is 1.97. The minimum absolute atomic E-state index is 0.0287. The van der Waals surface area contributed by atoms with Gasteiger partial charge in [0, 0.05) is 23.8 Å². The van der Waals surface area contributed by atoms with Crippen molar-refractivity contribution in [3.63, 3.8) is 0 Å². The Kier molecular flexibility index (Phi) is 4.43. The van der Waals surface area contributed by atoms with Crippen molar-refractivity contribution in [1.29, 1.82) is 0 Å². The topological polar surface area (TPSA) is 44.4 Å². The van der Waals surface area contributed by atoms with Crippen molar-refractivity contribution in [2.24, 2.45) is 0 Å². The van der Waals surface area contributed by atoms with Crippen LogP contribution in [0.15, 0.2) is 18.2 Å². The number of carbonyl (C=O) groups is 1. The van der Waals surface area contributed by atoms with Gasteiger partial charge in [-0.05, 0) is 64.2 Å². The minimum Gasteiger partial charge on any atom is -0.384 e. The Balaban J connectivity index is 1.92. The monoisotopic (exact) mass is 261 g/mol. The molecule has 1 atom stereocenters. The Hall–Kier alpha value is -1.55. The fraction of sp³-hybridized carbons (Fsp3) is 0.533. The molecule has 4 nitrogen and oxygen atoms in total. The van der Waals surface area contributed by atoms with Gasteiger partial charge < -0.3 is 15.5 Å². The smallest absolute Gasteiger partial charge is 0.251 e. The summed E-state index contributed by atoms with van der Waals surface area (Å²) in [5, 5.41) is 6.36. The molecule has 1 amide bonds. The summed E-state index contributed by atoms with van der Waals surface area (Å²) in [6, 6.07) is 6.09. The number of carbonyl (C=O) groups excluding carboxylic acids is 1. The first-order valence-electron chi connectivity index (χ1n) is 6.88. The molecule has 0 fully saturated rings. The van der Waals surface area contributed by atoms with Gasteiger partial charge in [-0.2, -0.15) is 0 Å². The molecule has 0 spiro atoms. The van der Waals surface area contributed by atoms with E-state index >= 15 is 0 Å². The number of anilines is 1. The molecule has 19 heavy (non-hydrogen) atoms. The van der Waals surface area contributed by atoms with Crippen LogP contribution in [-0.2, 0) is 6.42 Å². The zero-order valence-corrected chi connectivity index (χ0v) is 12.0. The van der Waals surface area contributed by atoms with E-state index in [1.54, 1.807) is 0 Å². The van der Waals surface area contributed by atoms with E-state index < -0.39 is 0 Å². The summed E-state index contributed by atoms with van der Waals surface area (Å²) in [4.78, 5) is 14.3. The number of amides is 1. The Bertz CT molecular complexity index is 457. The summed E-state index contributed by atoms with van der Waals surface area (Å²) in [7, 11) is 4.09. The van der Waals surface area contributed by atoms with Crippen molar-refractivity contribution >= 4 is 11.6 Å².